The Balaban J connectivity index is 1.65. The fourth-order valence-electron chi connectivity index (χ4n) is 4.14. The molecule has 0 saturated carbocycles. The first kappa shape index (κ1) is 17.8. The third-order valence-electron chi connectivity index (χ3n) is 5.47. The number of nitrogens with two attached hydrogens (primary N) is 1. The van der Waals surface area contributed by atoms with Gasteiger partial charge < -0.3 is 10.6 Å². The number of piperidine rings is 1. The number of halogens is 1. The standard InChI is InChI=1S/C20H22ClN3OS/c21-19-4-2-16(11-23-19)26-15-1-3-17(20(22)25)18(10-15)14-9-13-5-7-24(12-14)8-6-13/h1-4,10-11,13-14H,5-9,12H2,(H2,22,25). The van der Waals surface area contributed by atoms with E-state index in [-0.39, 0.29) is 5.91 Å². The molecule has 1 aromatic carbocycles. The highest BCUT2D eigenvalue weighted by Crippen LogP contribution is 2.38. The van der Waals surface area contributed by atoms with Gasteiger partial charge in [0.2, 0.25) is 5.91 Å². The highest BCUT2D eigenvalue weighted by atomic mass is 35.5. The summed E-state index contributed by atoms with van der Waals surface area (Å²) in [5.41, 5.74) is 7.44. The molecular weight excluding hydrogens is 366 g/mol. The minimum Gasteiger partial charge on any atom is -0.366 e. The summed E-state index contributed by atoms with van der Waals surface area (Å²) >= 11 is 7.50. The number of aromatic nitrogens is 1. The van der Waals surface area contributed by atoms with Crippen LogP contribution in [0.5, 0.6) is 0 Å². The normalized spacial score (nSPS) is 25.0. The molecule has 0 radical (unpaired) electrons. The quantitative estimate of drug-likeness (QED) is 0.799. The van der Waals surface area contributed by atoms with E-state index in [1.165, 1.54) is 25.9 Å². The van der Waals surface area contributed by atoms with Crippen LogP contribution in [0.1, 0.15) is 41.1 Å². The van der Waals surface area contributed by atoms with Gasteiger partial charge in [-0.25, -0.2) is 4.98 Å². The minimum absolute atomic E-state index is 0.337. The number of nitrogens with zero attached hydrogens (tertiary/aromatic N) is 2. The molecule has 0 spiro atoms. The number of amides is 1. The number of hydrogen-bond acceptors (Lipinski definition) is 4. The fraction of sp³-hybridized carbons (Fsp3) is 0.400. The van der Waals surface area contributed by atoms with Crippen molar-refractivity contribution in [1.29, 1.82) is 0 Å². The van der Waals surface area contributed by atoms with E-state index in [4.69, 9.17) is 17.3 Å². The lowest BCUT2D eigenvalue weighted by atomic mass is 9.85. The van der Waals surface area contributed by atoms with Crippen LogP contribution in [-0.2, 0) is 0 Å². The van der Waals surface area contributed by atoms with Gasteiger partial charge in [0.15, 0.2) is 0 Å². The van der Waals surface area contributed by atoms with Crippen molar-refractivity contribution in [3.63, 3.8) is 0 Å². The molecule has 4 heterocycles. The molecule has 2 aromatic rings. The van der Waals surface area contributed by atoms with Gasteiger partial charge in [-0.3, -0.25) is 4.79 Å². The maximum absolute atomic E-state index is 12.0. The summed E-state index contributed by atoms with van der Waals surface area (Å²) in [6.07, 6.45) is 5.46. The van der Waals surface area contributed by atoms with Gasteiger partial charge in [0.05, 0.1) is 0 Å². The summed E-state index contributed by atoms with van der Waals surface area (Å²) in [4.78, 5) is 20.8. The van der Waals surface area contributed by atoms with Gasteiger partial charge >= 0.3 is 0 Å². The lowest BCUT2D eigenvalue weighted by Crippen LogP contribution is -2.31. The van der Waals surface area contributed by atoms with E-state index in [9.17, 15) is 4.79 Å². The molecule has 1 atom stereocenters. The zero-order valence-electron chi connectivity index (χ0n) is 14.5. The third kappa shape index (κ3) is 3.90. The van der Waals surface area contributed by atoms with Gasteiger partial charge in [0, 0.05) is 28.1 Å². The molecule has 2 N–H and O–H groups in total. The van der Waals surface area contributed by atoms with E-state index in [2.05, 4.69) is 16.0 Å². The second-order valence-electron chi connectivity index (χ2n) is 7.21. The number of benzene rings is 1. The zero-order valence-corrected chi connectivity index (χ0v) is 16.1. The maximum atomic E-state index is 12.0. The van der Waals surface area contributed by atoms with Crippen LogP contribution in [0.25, 0.3) is 0 Å². The predicted molar refractivity (Wildman–Crippen MR) is 105 cm³/mol. The smallest absolute Gasteiger partial charge is 0.248 e. The molecule has 1 unspecified atom stereocenters. The first-order chi connectivity index (χ1) is 12.6. The molecule has 1 amide bonds. The maximum Gasteiger partial charge on any atom is 0.248 e. The SMILES string of the molecule is NC(=O)c1ccc(Sc2ccc(Cl)nc2)cc1C1CC2CCN(CC2)C1. The van der Waals surface area contributed by atoms with Crippen LogP contribution in [0.2, 0.25) is 5.15 Å². The number of fused-ring (bicyclic) bond motifs is 4. The van der Waals surface area contributed by atoms with Gasteiger partial charge in [-0.2, -0.15) is 0 Å². The van der Waals surface area contributed by atoms with Crippen molar-refractivity contribution in [2.45, 2.75) is 35.0 Å². The predicted octanol–water partition coefficient (Wildman–Crippen LogP) is 4.18. The molecule has 136 valence electrons. The summed E-state index contributed by atoms with van der Waals surface area (Å²) < 4.78 is 0. The number of hydrogen-bond donors (Lipinski definition) is 1. The molecule has 3 aliphatic rings. The van der Waals surface area contributed by atoms with Crippen LogP contribution in [0, 0.1) is 5.92 Å². The summed E-state index contributed by atoms with van der Waals surface area (Å²) in [5.74, 6) is 0.795. The highest BCUT2D eigenvalue weighted by Gasteiger charge is 2.31. The minimum atomic E-state index is -0.337. The molecule has 5 rings (SSSR count). The molecule has 6 heteroatoms. The Bertz CT molecular complexity index is 789. The van der Waals surface area contributed by atoms with E-state index in [0.29, 0.717) is 16.6 Å². The number of carbonyl (C=O) groups excluding carboxylic acids is 1. The monoisotopic (exact) mass is 387 g/mol. The van der Waals surface area contributed by atoms with Crippen molar-refractivity contribution in [3.05, 3.63) is 52.8 Å². The molecule has 1 aromatic heterocycles. The Hall–Kier alpha value is -1.56. The highest BCUT2D eigenvalue weighted by molar-refractivity contribution is 7.99. The van der Waals surface area contributed by atoms with E-state index in [1.54, 1.807) is 24.0 Å². The molecular formula is C20H22ClN3OS. The third-order valence-corrected chi connectivity index (χ3v) is 6.66. The van der Waals surface area contributed by atoms with Crippen LogP contribution >= 0.6 is 23.4 Å². The number of primary amides is 1. The second kappa shape index (κ2) is 7.59. The molecule has 3 saturated heterocycles. The summed E-state index contributed by atoms with van der Waals surface area (Å²) in [7, 11) is 0. The fourth-order valence-corrected chi connectivity index (χ4v) is 5.09. The van der Waals surface area contributed by atoms with Crippen molar-refractivity contribution in [2.24, 2.45) is 11.7 Å². The van der Waals surface area contributed by atoms with Crippen LogP contribution in [0.4, 0.5) is 0 Å². The van der Waals surface area contributed by atoms with E-state index in [0.717, 1.165) is 34.2 Å². The average Bonchev–Trinajstić information content (AvgIpc) is 2.97. The van der Waals surface area contributed by atoms with Crippen molar-refractivity contribution in [3.8, 4) is 0 Å². The molecule has 3 fully saturated rings. The first-order valence-electron chi connectivity index (χ1n) is 9.04. The first-order valence-corrected chi connectivity index (χ1v) is 10.2. The van der Waals surface area contributed by atoms with Crippen molar-refractivity contribution in [2.75, 3.05) is 19.6 Å². The second-order valence-corrected chi connectivity index (χ2v) is 8.74. The number of carbonyl (C=O) groups is 1. The van der Waals surface area contributed by atoms with Crippen molar-refractivity contribution in [1.82, 2.24) is 9.88 Å². The topological polar surface area (TPSA) is 59.2 Å². The molecule has 4 nitrogen and oxygen atoms in total. The van der Waals surface area contributed by atoms with Crippen LogP contribution in [0.15, 0.2) is 46.3 Å². The van der Waals surface area contributed by atoms with Crippen molar-refractivity contribution >= 4 is 29.3 Å². The Morgan fingerprint density at radius 1 is 1.19 bits per heavy atom. The van der Waals surface area contributed by atoms with Gasteiger partial charge in [-0.05, 0) is 80.1 Å². The van der Waals surface area contributed by atoms with E-state index < -0.39 is 0 Å². The lowest BCUT2D eigenvalue weighted by molar-refractivity contribution is 0.0998. The van der Waals surface area contributed by atoms with Gasteiger partial charge in [0.1, 0.15) is 5.15 Å². The van der Waals surface area contributed by atoms with Crippen LogP contribution in [-0.4, -0.2) is 35.4 Å². The molecule has 26 heavy (non-hydrogen) atoms. The largest absolute Gasteiger partial charge is 0.366 e. The Kier molecular flexibility index (Phi) is 5.20. The van der Waals surface area contributed by atoms with Crippen LogP contribution in [0.3, 0.4) is 0 Å². The van der Waals surface area contributed by atoms with Gasteiger partial charge in [-0.15, -0.1) is 0 Å². The van der Waals surface area contributed by atoms with Crippen LogP contribution < -0.4 is 5.73 Å². The summed E-state index contributed by atoms with van der Waals surface area (Å²) in [5, 5.41) is 0.488. The Labute approximate surface area is 163 Å². The molecule has 3 aliphatic heterocycles. The number of rotatable bonds is 4. The lowest BCUT2D eigenvalue weighted by Gasteiger charge is -2.26. The Morgan fingerprint density at radius 2 is 1.96 bits per heavy atom. The van der Waals surface area contributed by atoms with Gasteiger partial charge in [-0.1, -0.05) is 23.4 Å². The van der Waals surface area contributed by atoms with Crippen molar-refractivity contribution < 1.29 is 4.79 Å². The molecule has 2 bridgehead atoms. The van der Waals surface area contributed by atoms with E-state index >= 15 is 0 Å². The molecule has 0 aliphatic carbocycles. The number of pyridine rings is 1. The average molecular weight is 388 g/mol. The Morgan fingerprint density at radius 3 is 2.65 bits per heavy atom. The summed E-state index contributed by atoms with van der Waals surface area (Å²) in [6, 6.07) is 9.74. The van der Waals surface area contributed by atoms with E-state index in [1.807, 2.05) is 18.2 Å². The zero-order chi connectivity index (χ0) is 18.1. The summed E-state index contributed by atoms with van der Waals surface area (Å²) in [6.45, 7) is 3.38. The van der Waals surface area contributed by atoms with Gasteiger partial charge in [0.25, 0.3) is 0 Å².